The van der Waals surface area contributed by atoms with E-state index in [1.54, 1.807) is 0 Å². The molecule has 4 heteroatoms. The van der Waals surface area contributed by atoms with Crippen LogP contribution >= 0.6 is 0 Å². The molecule has 0 saturated heterocycles. The van der Waals surface area contributed by atoms with Gasteiger partial charge in [0.05, 0.1) is 6.04 Å². The van der Waals surface area contributed by atoms with Crippen molar-refractivity contribution in [1.29, 1.82) is 0 Å². The van der Waals surface area contributed by atoms with Gasteiger partial charge in [0.25, 0.3) is 5.91 Å². The maximum absolute atomic E-state index is 12.6. The Bertz CT molecular complexity index is 791. The number of rotatable bonds is 6. The summed E-state index contributed by atoms with van der Waals surface area (Å²) in [6.45, 7) is 8.33. The van der Waals surface area contributed by atoms with Crippen LogP contribution in [0.2, 0.25) is 0 Å². The topological polar surface area (TPSA) is 47.6 Å². The van der Waals surface area contributed by atoms with Crippen molar-refractivity contribution in [3.8, 4) is 11.5 Å². The molecule has 2 aromatic carbocycles. The van der Waals surface area contributed by atoms with Gasteiger partial charge in [0.15, 0.2) is 6.61 Å². The Hall–Kier alpha value is -2.49. The van der Waals surface area contributed by atoms with Crippen molar-refractivity contribution >= 4 is 5.91 Å². The Morgan fingerprint density at radius 2 is 1.81 bits per heavy atom. The molecule has 1 amide bonds. The van der Waals surface area contributed by atoms with Gasteiger partial charge in [-0.05, 0) is 56.0 Å². The minimum atomic E-state index is -0.235. The second-order valence-electron chi connectivity index (χ2n) is 7.47. The lowest BCUT2D eigenvalue weighted by Crippen LogP contribution is -2.45. The van der Waals surface area contributed by atoms with E-state index in [0.29, 0.717) is 0 Å². The number of ether oxygens (including phenoxy) is 2. The van der Waals surface area contributed by atoms with E-state index in [2.05, 4.69) is 25.2 Å². The average molecular weight is 367 g/mol. The fourth-order valence-electron chi connectivity index (χ4n) is 3.83. The second kappa shape index (κ2) is 8.03. The lowest BCUT2D eigenvalue weighted by molar-refractivity contribution is -0.124. The molecule has 0 bridgehead atoms. The van der Waals surface area contributed by atoms with Gasteiger partial charge < -0.3 is 14.8 Å². The van der Waals surface area contributed by atoms with Gasteiger partial charge in [-0.25, -0.2) is 0 Å². The molecule has 0 fully saturated rings. The zero-order valence-corrected chi connectivity index (χ0v) is 16.7. The van der Waals surface area contributed by atoms with E-state index >= 15 is 0 Å². The lowest BCUT2D eigenvalue weighted by Gasteiger charge is -2.41. The summed E-state index contributed by atoms with van der Waals surface area (Å²) in [5.74, 6) is 1.48. The van der Waals surface area contributed by atoms with Gasteiger partial charge in [0.2, 0.25) is 0 Å². The van der Waals surface area contributed by atoms with Gasteiger partial charge in [-0.1, -0.05) is 38.1 Å². The molecule has 1 heterocycles. The Labute approximate surface area is 161 Å². The summed E-state index contributed by atoms with van der Waals surface area (Å²) in [6, 6.07) is 13.9. The smallest absolute Gasteiger partial charge is 0.258 e. The van der Waals surface area contributed by atoms with Gasteiger partial charge in [-0.2, -0.15) is 0 Å². The van der Waals surface area contributed by atoms with Gasteiger partial charge in [-0.15, -0.1) is 0 Å². The fourth-order valence-corrected chi connectivity index (χ4v) is 3.83. The first-order valence-electron chi connectivity index (χ1n) is 9.73. The van der Waals surface area contributed by atoms with Crippen molar-refractivity contribution in [3.05, 3.63) is 59.2 Å². The number of amides is 1. The van der Waals surface area contributed by atoms with E-state index in [-0.39, 0.29) is 24.2 Å². The summed E-state index contributed by atoms with van der Waals surface area (Å²) in [6.07, 6.45) is 2.58. The molecule has 0 saturated carbocycles. The van der Waals surface area contributed by atoms with E-state index in [1.807, 2.05) is 50.2 Å². The largest absolute Gasteiger partial charge is 0.487 e. The molecule has 0 aromatic heterocycles. The van der Waals surface area contributed by atoms with Crippen LogP contribution in [0.25, 0.3) is 0 Å². The number of fused-ring (bicyclic) bond motifs is 1. The van der Waals surface area contributed by atoms with Crippen molar-refractivity contribution < 1.29 is 14.3 Å². The molecule has 0 unspecified atom stereocenters. The molecule has 2 aromatic rings. The van der Waals surface area contributed by atoms with Crippen LogP contribution in [-0.2, 0) is 4.79 Å². The van der Waals surface area contributed by atoms with Crippen molar-refractivity contribution in [2.45, 2.75) is 58.6 Å². The van der Waals surface area contributed by atoms with Crippen LogP contribution in [0.5, 0.6) is 11.5 Å². The summed E-state index contributed by atoms with van der Waals surface area (Å²) in [5.41, 5.74) is 3.05. The number of carbonyl (C=O) groups is 1. The number of aryl methyl sites for hydroxylation is 2. The average Bonchev–Trinajstić information content (AvgIpc) is 2.65. The van der Waals surface area contributed by atoms with Crippen LogP contribution in [0.1, 0.15) is 55.8 Å². The zero-order chi connectivity index (χ0) is 19.4. The van der Waals surface area contributed by atoms with Crippen LogP contribution in [0.4, 0.5) is 0 Å². The maximum Gasteiger partial charge on any atom is 0.258 e. The van der Waals surface area contributed by atoms with E-state index in [1.165, 1.54) is 0 Å². The van der Waals surface area contributed by atoms with Crippen molar-refractivity contribution in [3.63, 3.8) is 0 Å². The maximum atomic E-state index is 12.6. The molecule has 1 atom stereocenters. The van der Waals surface area contributed by atoms with Gasteiger partial charge in [-0.3, -0.25) is 4.79 Å². The third-order valence-electron chi connectivity index (χ3n) is 5.39. The Kier molecular flexibility index (Phi) is 5.73. The quantitative estimate of drug-likeness (QED) is 0.791. The van der Waals surface area contributed by atoms with Crippen LogP contribution < -0.4 is 14.8 Å². The highest BCUT2D eigenvalue weighted by atomic mass is 16.5. The van der Waals surface area contributed by atoms with E-state index in [9.17, 15) is 4.79 Å². The molecule has 1 N–H and O–H groups in total. The third-order valence-corrected chi connectivity index (χ3v) is 5.39. The van der Waals surface area contributed by atoms with Crippen LogP contribution in [-0.4, -0.2) is 18.1 Å². The molecule has 4 nitrogen and oxygen atoms in total. The molecular weight excluding hydrogens is 338 g/mol. The molecule has 0 spiro atoms. The first-order valence-corrected chi connectivity index (χ1v) is 9.73. The molecular formula is C23H29NO3. The Balaban J connectivity index is 1.70. The van der Waals surface area contributed by atoms with Crippen LogP contribution in [0.15, 0.2) is 42.5 Å². The second-order valence-corrected chi connectivity index (χ2v) is 7.47. The van der Waals surface area contributed by atoms with Crippen molar-refractivity contribution in [2.24, 2.45) is 0 Å². The highest BCUT2D eigenvalue weighted by Gasteiger charge is 2.38. The van der Waals surface area contributed by atoms with Gasteiger partial charge >= 0.3 is 0 Å². The highest BCUT2D eigenvalue weighted by Crippen LogP contribution is 2.42. The molecule has 0 radical (unpaired) electrons. The lowest BCUT2D eigenvalue weighted by atomic mass is 9.83. The standard InChI is InChI=1S/C23H29NO3/c1-5-23(6-2)14-20(19-9-7-8-10-21(19)27-23)24-22(25)15-26-18-12-16(3)11-17(4)13-18/h7-13,20H,5-6,14-15H2,1-4H3,(H,24,25)/t20-/m1/s1. The Morgan fingerprint density at radius 3 is 2.48 bits per heavy atom. The minimum Gasteiger partial charge on any atom is -0.487 e. The van der Waals surface area contributed by atoms with Crippen LogP contribution in [0.3, 0.4) is 0 Å². The Morgan fingerprint density at radius 1 is 1.15 bits per heavy atom. The SMILES string of the molecule is CCC1(CC)C[C@@H](NC(=O)COc2cc(C)cc(C)c2)c2ccccc2O1. The monoisotopic (exact) mass is 367 g/mol. The predicted octanol–water partition coefficient (Wildman–Crippen LogP) is 4.88. The summed E-state index contributed by atoms with van der Waals surface area (Å²) in [7, 11) is 0. The summed E-state index contributed by atoms with van der Waals surface area (Å²) in [5, 5.41) is 3.15. The van der Waals surface area contributed by atoms with E-state index in [0.717, 1.165) is 47.5 Å². The van der Waals surface area contributed by atoms with Gasteiger partial charge in [0, 0.05) is 12.0 Å². The minimum absolute atomic E-state index is 0.00761. The van der Waals surface area contributed by atoms with Gasteiger partial charge in [0.1, 0.15) is 17.1 Å². The normalized spacial score (nSPS) is 17.6. The van der Waals surface area contributed by atoms with Crippen molar-refractivity contribution in [1.82, 2.24) is 5.32 Å². The number of hydrogen-bond donors (Lipinski definition) is 1. The van der Waals surface area contributed by atoms with E-state index in [4.69, 9.17) is 9.47 Å². The third kappa shape index (κ3) is 4.44. The number of carbonyl (C=O) groups excluding carboxylic acids is 1. The van der Waals surface area contributed by atoms with Crippen LogP contribution in [0, 0.1) is 13.8 Å². The molecule has 3 rings (SSSR count). The number of benzene rings is 2. The first kappa shape index (κ1) is 19.3. The molecule has 144 valence electrons. The number of nitrogens with one attached hydrogen (secondary N) is 1. The van der Waals surface area contributed by atoms with Crippen molar-refractivity contribution in [2.75, 3.05) is 6.61 Å². The predicted molar refractivity (Wildman–Crippen MR) is 107 cm³/mol. The van der Waals surface area contributed by atoms with E-state index < -0.39 is 0 Å². The summed E-state index contributed by atoms with van der Waals surface area (Å²) >= 11 is 0. The zero-order valence-electron chi connectivity index (χ0n) is 16.7. The highest BCUT2D eigenvalue weighted by molar-refractivity contribution is 5.78. The molecule has 1 aliphatic heterocycles. The number of hydrogen-bond acceptors (Lipinski definition) is 3. The summed E-state index contributed by atoms with van der Waals surface area (Å²) < 4.78 is 12.0. The fraction of sp³-hybridized carbons (Fsp3) is 0.435. The molecule has 0 aliphatic carbocycles. The number of para-hydroxylation sites is 1. The summed E-state index contributed by atoms with van der Waals surface area (Å²) in [4.78, 5) is 12.6. The first-order chi connectivity index (χ1) is 12.9. The molecule has 1 aliphatic rings. The molecule has 27 heavy (non-hydrogen) atoms.